The monoisotopic (exact) mass is 335 g/mol. The molecule has 1 N–H and O–H groups in total. The van der Waals surface area contributed by atoms with Crippen molar-refractivity contribution < 1.29 is 14.2 Å². The summed E-state index contributed by atoms with van der Waals surface area (Å²) in [5.41, 5.74) is 1.08. The highest BCUT2D eigenvalue weighted by Crippen LogP contribution is 2.36. The zero-order valence-corrected chi connectivity index (χ0v) is 14.1. The first-order chi connectivity index (χ1) is 9.74. The molecule has 0 aromatic heterocycles. The molecule has 0 spiro atoms. The van der Waals surface area contributed by atoms with Crippen molar-refractivity contribution in [1.82, 2.24) is 5.32 Å². The Labute approximate surface area is 137 Å². The van der Waals surface area contributed by atoms with Gasteiger partial charge in [0.25, 0.3) is 0 Å². The Morgan fingerprint density at radius 1 is 1.43 bits per heavy atom. The normalized spacial score (nSPS) is 17.4. The van der Waals surface area contributed by atoms with Crippen LogP contribution in [0.25, 0.3) is 0 Å². The van der Waals surface area contributed by atoms with E-state index in [1.54, 1.807) is 7.11 Å². The number of rotatable bonds is 7. The summed E-state index contributed by atoms with van der Waals surface area (Å²) < 4.78 is 16.4. The molecule has 0 amide bonds. The number of benzene rings is 1. The van der Waals surface area contributed by atoms with Crippen LogP contribution in [0.1, 0.15) is 25.3 Å². The van der Waals surface area contributed by atoms with Gasteiger partial charge in [-0.1, -0.05) is 11.6 Å². The smallest absolute Gasteiger partial charge is 0.179 e. The summed E-state index contributed by atoms with van der Waals surface area (Å²) in [6, 6.07) is 3.87. The van der Waals surface area contributed by atoms with Crippen molar-refractivity contribution in [3.63, 3.8) is 0 Å². The molecule has 4 nitrogen and oxygen atoms in total. The van der Waals surface area contributed by atoms with Crippen molar-refractivity contribution in [2.75, 3.05) is 26.9 Å². The second-order valence-electron chi connectivity index (χ2n) is 4.81. The molecule has 1 heterocycles. The summed E-state index contributed by atoms with van der Waals surface area (Å²) in [6.45, 7) is 4.98. The summed E-state index contributed by atoms with van der Waals surface area (Å²) in [4.78, 5) is 0. The van der Waals surface area contributed by atoms with Crippen LogP contribution < -0.4 is 14.8 Å². The molecule has 1 saturated heterocycles. The first kappa shape index (κ1) is 18.4. The van der Waals surface area contributed by atoms with E-state index in [9.17, 15) is 0 Å². The van der Waals surface area contributed by atoms with Gasteiger partial charge in [0.2, 0.25) is 0 Å². The van der Waals surface area contributed by atoms with Gasteiger partial charge < -0.3 is 19.5 Å². The third kappa shape index (κ3) is 5.22. The highest BCUT2D eigenvalue weighted by atomic mass is 35.5. The van der Waals surface area contributed by atoms with E-state index in [0.29, 0.717) is 29.2 Å². The lowest BCUT2D eigenvalue weighted by atomic mass is 10.2. The molecule has 2 rings (SSSR count). The first-order valence-corrected chi connectivity index (χ1v) is 7.44. The summed E-state index contributed by atoms with van der Waals surface area (Å²) in [5.74, 6) is 1.29. The maximum absolute atomic E-state index is 6.24. The van der Waals surface area contributed by atoms with Crippen molar-refractivity contribution in [3.05, 3.63) is 22.7 Å². The standard InChI is InChI=1S/C15H22ClNO3.ClH/c1-3-19-15-13(16)7-11(8-14(15)18-2)9-17-10-12-5-4-6-20-12;/h7-8,12,17H,3-6,9-10H2,1-2H3;1H. The molecule has 120 valence electrons. The fourth-order valence-corrected chi connectivity index (χ4v) is 2.63. The van der Waals surface area contributed by atoms with Crippen molar-refractivity contribution in [3.8, 4) is 11.5 Å². The average molecular weight is 336 g/mol. The molecule has 1 atom stereocenters. The molecule has 0 bridgehead atoms. The van der Waals surface area contributed by atoms with Crippen LogP contribution >= 0.6 is 24.0 Å². The summed E-state index contributed by atoms with van der Waals surface area (Å²) >= 11 is 6.24. The van der Waals surface area contributed by atoms with Gasteiger partial charge in [0.15, 0.2) is 11.5 Å². The SMILES string of the molecule is CCOc1c(Cl)cc(CNCC2CCCO2)cc1OC.Cl. The van der Waals surface area contributed by atoms with Gasteiger partial charge in [-0.25, -0.2) is 0 Å². The Balaban J connectivity index is 0.00000220. The third-order valence-corrected chi connectivity index (χ3v) is 3.58. The van der Waals surface area contributed by atoms with Gasteiger partial charge in [-0.05, 0) is 37.5 Å². The fourth-order valence-electron chi connectivity index (χ4n) is 2.34. The van der Waals surface area contributed by atoms with Crippen LogP contribution in [0.3, 0.4) is 0 Å². The van der Waals surface area contributed by atoms with E-state index in [0.717, 1.165) is 38.1 Å². The second-order valence-corrected chi connectivity index (χ2v) is 5.22. The maximum Gasteiger partial charge on any atom is 0.179 e. The van der Waals surface area contributed by atoms with Crippen molar-refractivity contribution in [1.29, 1.82) is 0 Å². The van der Waals surface area contributed by atoms with Gasteiger partial charge in [-0.2, -0.15) is 0 Å². The van der Waals surface area contributed by atoms with Crippen molar-refractivity contribution in [2.45, 2.75) is 32.4 Å². The first-order valence-electron chi connectivity index (χ1n) is 7.06. The molecule has 1 aliphatic rings. The zero-order valence-electron chi connectivity index (χ0n) is 12.5. The van der Waals surface area contributed by atoms with E-state index < -0.39 is 0 Å². The quantitative estimate of drug-likeness (QED) is 0.828. The minimum atomic E-state index is 0. The maximum atomic E-state index is 6.24. The predicted molar refractivity (Wildman–Crippen MR) is 87.1 cm³/mol. The van der Waals surface area contributed by atoms with E-state index in [2.05, 4.69) is 5.32 Å². The van der Waals surface area contributed by atoms with Gasteiger partial charge in [-0.15, -0.1) is 12.4 Å². The van der Waals surface area contributed by atoms with Crippen molar-refractivity contribution in [2.24, 2.45) is 0 Å². The second kappa shape index (κ2) is 9.36. The third-order valence-electron chi connectivity index (χ3n) is 3.30. The summed E-state index contributed by atoms with van der Waals surface area (Å²) in [6.07, 6.45) is 2.64. The number of nitrogens with one attached hydrogen (secondary N) is 1. The van der Waals surface area contributed by atoms with Crippen LogP contribution in [0.15, 0.2) is 12.1 Å². The molecule has 6 heteroatoms. The molecular weight excluding hydrogens is 313 g/mol. The Morgan fingerprint density at radius 2 is 2.24 bits per heavy atom. The molecule has 1 aliphatic heterocycles. The predicted octanol–water partition coefficient (Wildman–Crippen LogP) is 3.44. The minimum absolute atomic E-state index is 0. The molecular formula is C15H23Cl2NO3. The van der Waals surface area contributed by atoms with Crippen LogP contribution in [-0.4, -0.2) is 33.0 Å². The van der Waals surface area contributed by atoms with Gasteiger partial charge in [0, 0.05) is 19.7 Å². The largest absolute Gasteiger partial charge is 0.493 e. The van der Waals surface area contributed by atoms with Gasteiger partial charge >= 0.3 is 0 Å². The van der Waals surface area contributed by atoms with E-state index in [1.165, 1.54) is 0 Å². The lowest BCUT2D eigenvalue weighted by Crippen LogP contribution is -2.25. The van der Waals surface area contributed by atoms with E-state index >= 15 is 0 Å². The van der Waals surface area contributed by atoms with Gasteiger partial charge in [0.1, 0.15) is 0 Å². The Hall–Kier alpha value is -0.680. The molecule has 1 aromatic rings. The van der Waals surface area contributed by atoms with Crippen LogP contribution in [-0.2, 0) is 11.3 Å². The highest BCUT2D eigenvalue weighted by molar-refractivity contribution is 6.32. The van der Waals surface area contributed by atoms with Crippen LogP contribution in [0.2, 0.25) is 5.02 Å². The number of ether oxygens (including phenoxy) is 3. The molecule has 0 saturated carbocycles. The van der Waals surface area contributed by atoms with E-state index in [1.807, 2.05) is 19.1 Å². The number of methoxy groups -OCH3 is 1. The molecule has 1 unspecified atom stereocenters. The topological polar surface area (TPSA) is 39.7 Å². The lowest BCUT2D eigenvalue weighted by molar-refractivity contribution is 0.110. The van der Waals surface area contributed by atoms with Crippen molar-refractivity contribution >= 4 is 24.0 Å². The average Bonchev–Trinajstić information content (AvgIpc) is 2.94. The van der Waals surface area contributed by atoms with Crippen LogP contribution in [0.4, 0.5) is 0 Å². The molecule has 1 aromatic carbocycles. The summed E-state index contributed by atoms with van der Waals surface area (Å²) in [5, 5.41) is 3.98. The molecule has 1 fully saturated rings. The van der Waals surface area contributed by atoms with Gasteiger partial charge in [0.05, 0.1) is 24.8 Å². The number of halogens is 2. The number of hydrogen-bond acceptors (Lipinski definition) is 4. The number of hydrogen-bond donors (Lipinski definition) is 1. The van der Waals surface area contributed by atoms with Gasteiger partial charge in [-0.3, -0.25) is 0 Å². The Morgan fingerprint density at radius 3 is 2.86 bits per heavy atom. The van der Waals surface area contributed by atoms with Crippen LogP contribution in [0.5, 0.6) is 11.5 Å². The molecule has 0 aliphatic carbocycles. The minimum Gasteiger partial charge on any atom is -0.493 e. The van der Waals surface area contributed by atoms with E-state index in [4.69, 9.17) is 25.8 Å². The van der Waals surface area contributed by atoms with Crippen LogP contribution in [0, 0.1) is 0 Å². The fraction of sp³-hybridized carbons (Fsp3) is 0.600. The Bertz CT molecular complexity index is 437. The molecule has 21 heavy (non-hydrogen) atoms. The highest BCUT2D eigenvalue weighted by Gasteiger charge is 2.15. The summed E-state index contributed by atoms with van der Waals surface area (Å²) in [7, 11) is 1.62. The lowest BCUT2D eigenvalue weighted by Gasteiger charge is -2.14. The Kier molecular flexibility index (Phi) is 8.19. The zero-order chi connectivity index (χ0) is 14.4. The van der Waals surface area contributed by atoms with E-state index in [-0.39, 0.29) is 12.4 Å². The molecule has 0 radical (unpaired) electrons.